The van der Waals surface area contributed by atoms with Gasteiger partial charge in [-0.2, -0.15) is 0 Å². The molecule has 0 aromatic rings. The van der Waals surface area contributed by atoms with Crippen molar-refractivity contribution >= 4 is 81.4 Å². The average molecular weight is 2030 g/mol. The molecule has 46 atom stereocenters. The Hall–Kier alpha value is -6.25. The maximum atomic E-state index is 13.2. The van der Waals surface area contributed by atoms with E-state index in [1.165, 1.54) is 51.4 Å². The lowest BCUT2D eigenvalue weighted by molar-refractivity contribution is -0.216. The highest BCUT2D eigenvalue weighted by molar-refractivity contribution is 7.89. The minimum Gasteiger partial charge on any atom is -0.481 e. The fourth-order valence-corrected chi connectivity index (χ4v) is 36.9. The van der Waals surface area contributed by atoms with Crippen LogP contribution in [-0.4, -0.2) is 151 Å². The summed E-state index contributed by atoms with van der Waals surface area (Å²) in [6, 6.07) is 0. The van der Waals surface area contributed by atoms with E-state index in [1.807, 2.05) is 55.4 Å². The van der Waals surface area contributed by atoms with Crippen molar-refractivity contribution in [2.24, 2.45) is 278 Å². The summed E-state index contributed by atoms with van der Waals surface area (Å²) >= 11 is 0. The van der Waals surface area contributed by atoms with Crippen LogP contribution in [0.2, 0.25) is 0 Å². The standard InChI is InChI=1S/C22H34O2.C20H32O3.C18H24O4.C16H24O4.C15H24O5.C15H24O4.C11H19NO3S/c1-4-22(17-6-14-5-15(8-17)9-18(22)7-14)24-21(23)20-11-16-10-19(20)13(3)12(16)2;1-11-6-7-17(18(21)8-11)20(4,5)23-19(22)16-10-14-9-15(16)13(3)12(14)2;1-7-8(2)11-3-9(7)4-13(11)17(19)21-15-10-5-12-14(6-10)18(20)22-16(12)15;1-8-9(2)11-5-10(8)6-12(11)14(17)20-13-15(18)19-7-16(13,3)4;1-5-19-9(4)20-15(18)13-11-6-10(7(2)8(11)3)12(13)14(16)17;1-7-8(2)10-6-9(7)11(13(16)17)12(10)14(18)19-15(3,4)5;1-6-7(2)9-4-8(6)5-10(9)11(13)12-16(3,14)15/h12-20H,4-11H2,1-3H3;11-17H,6-10H2,1-5H3;7-16H,3-6H2,1-2H3;8-13H,5-7H2,1-4H3;7-13H,5-6H2,1-4H3,(H,16,17);7-12H,6H2,1-5H3,(H,16,17);6-10H,4-5H2,1-3H3,(H,12,13). The number of carbonyl (C=O) groups excluding carboxylic acids is 10. The summed E-state index contributed by atoms with van der Waals surface area (Å²) in [6.07, 6.45) is 24.0. The molecular weight excluding hydrogens is 1850 g/mol. The van der Waals surface area contributed by atoms with Crippen LogP contribution >= 0.6 is 0 Å². The molecular formula is C117H181NO25S. The molecule has 26 nitrogen and oxygen atoms in total. The van der Waals surface area contributed by atoms with E-state index in [1.54, 1.807) is 6.92 Å². The summed E-state index contributed by atoms with van der Waals surface area (Å²) < 4.78 is 74.5. The Bertz CT molecular complexity index is 4840. The molecule has 21 saturated carbocycles. The molecule has 3 N–H and O–H groups in total. The number of hydrogen-bond acceptors (Lipinski definition) is 23. The number of sulfonamides is 1. The number of amides is 1. The van der Waals surface area contributed by atoms with E-state index in [0.29, 0.717) is 168 Å². The van der Waals surface area contributed by atoms with Crippen molar-refractivity contribution in [2.45, 2.75) is 362 Å². The molecule has 2 heterocycles. The van der Waals surface area contributed by atoms with Gasteiger partial charge in [-0.3, -0.25) is 57.5 Å². The largest absolute Gasteiger partial charge is 0.481 e. The van der Waals surface area contributed by atoms with E-state index < -0.39 is 86.6 Å². The lowest BCUT2D eigenvalue weighted by Gasteiger charge is -2.60. The maximum absolute atomic E-state index is 13.2. The van der Waals surface area contributed by atoms with Gasteiger partial charge in [0.1, 0.15) is 41.4 Å². The number of carbonyl (C=O) groups is 12. The Kier molecular flexibility index (Phi) is 32.3. The van der Waals surface area contributed by atoms with Crippen LogP contribution in [-0.2, 0) is 110 Å². The smallest absolute Gasteiger partial charge is 0.348 e. The van der Waals surface area contributed by atoms with E-state index in [9.17, 15) is 76.2 Å². The number of carboxylic acids is 2. The van der Waals surface area contributed by atoms with Gasteiger partial charge in [-0.15, -0.1) is 0 Å². The number of nitrogens with one attached hydrogen (secondary N) is 1. The molecule has 21 aliphatic carbocycles. The second kappa shape index (κ2) is 42.1. The molecule has 0 aromatic carbocycles. The molecule has 2 saturated heterocycles. The molecule has 0 aromatic heterocycles. The third-order valence-corrected chi connectivity index (χ3v) is 46.0. The number of rotatable bonds is 19. The van der Waals surface area contributed by atoms with Crippen molar-refractivity contribution in [1.29, 1.82) is 0 Å². The lowest BCUT2D eigenvalue weighted by atomic mass is 9.49. The highest BCUT2D eigenvalue weighted by Gasteiger charge is 2.68. The molecule has 23 fully saturated rings. The quantitative estimate of drug-likeness (QED) is 0.0614. The minimum absolute atomic E-state index is 0.0108. The number of carboxylic acid groups (broad SMARTS) is 2. The third-order valence-electron chi connectivity index (χ3n) is 45.5. The number of esters is 8. The Morgan fingerprint density at radius 2 is 0.833 bits per heavy atom. The Morgan fingerprint density at radius 1 is 0.438 bits per heavy atom. The highest BCUT2D eigenvalue weighted by Crippen LogP contribution is 2.67. The van der Waals surface area contributed by atoms with Crippen LogP contribution in [0.1, 0.15) is 321 Å². The van der Waals surface area contributed by atoms with Crippen LogP contribution in [0.15, 0.2) is 0 Å². The zero-order chi connectivity index (χ0) is 105. The highest BCUT2D eigenvalue weighted by atomic mass is 32.2. The zero-order valence-electron chi connectivity index (χ0n) is 91.7. The lowest BCUT2D eigenvalue weighted by Crippen LogP contribution is -2.60. The molecule has 23 aliphatic rings. The monoisotopic (exact) mass is 2030 g/mol. The summed E-state index contributed by atoms with van der Waals surface area (Å²) in [4.78, 5) is 147. The molecule has 1 amide bonds. The molecule has 0 radical (unpaired) electrons. The number of fused-ring (bicyclic) bond motifs is 15. The van der Waals surface area contributed by atoms with Crippen molar-refractivity contribution in [3.05, 3.63) is 0 Å². The number of cyclic esters (lactones) is 1. The van der Waals surface area contributed by atoms with Gasteiger partial charge in [0.25, 0.3) is 0 Å². The van der Waals surface area contributed by atoms with E-state index >= 15 is 0 Å². The van der Waals surface area contributed by atoms with Gasteiger partial charge in [0, 0.05) is 36.2 Å². The topological polar surface area (TPSA) is 375 Å². The molecule has 23 rings (SSSR count). The third kappa shape index (κ3) is 21.0. The molecule has 27 heteroatoms. The van der Waals surface area contributed by atoms with Gasteiger partial charge in [-0.25, -0.2) is 13.2 Å². The molecule has 0 spiro atoms. The van der Waals surface area contributed by atoms with Crippen LogP contribution in [0, 0.1) is 278 Å². The summed E-state index contributed by atoms with van der Waals surface area (Å²) in [5.74, 6) is 14.0. The summed E-state index contributed by atoms with van der Waals surface area (Å²) in [5.41, 5.74) is -1.73. The number of hydrogen-bond donors (Lipinski definition) is 3. The van der Waals surface area contributed by atoms with E-state index in [4.69, 9.17) is 42.6 Å². The first-order chi connectivity index (χ1) is 67.4. The van der Waals surface area contributed by atoms with Gasteiger partial charge in [0.15, 0.2) is 6.29 Å². The van der Waals surface area contributed by atoms with Gasteiger partial charge < -0.3 is 52.8 Å². The first kappa shape index (κ1) is 110. The molecule has 810 valence electrons. The van der Waals surface area contributed by atoms with E-state index in [2.05, 4.69) is 116 Å². The van der Waals surface area contributed by atoms with Crippen LogP contribution < -0.4 is 4.72 Å². The van der Waals surface area contributed by atoms with Crippen LogP contribution in [0.3, 0.4) is 0 Å². The van der Waals surface area contributed by atoms with Crippen molar-refractivity contribution in [2.75, 3.05) is 19.5 Å². The van der Waals surface area contributed by atoms with Crippen LogP contribution in [0.25, 0.3) is 0 Å². The number of ketones is 1. The van der Waals surface area contributed by atoms with Crippen LogP contribution in [0.5, 0.6) is 0 Å². The zero-order valence-corrected chi connectivity index (χ0v) is 92.6. The van der Waals surface area contributed by atoms with Gasteiger partial charge in [-0.1, -0.05) is 125 Å². The average Bonchev–Trinajstić information content (AvgIpc) is 0.755. The minimum atomic E-state index is -3.41. The van der Waals surface area contributed by atoms with Crippen molar-refractivity contribution in [1.82, 2.24) is 4.72 Å². The van der Waals surface area contributed by atoms with E-state index in [0.717, 1.165) is 132 Å². The van der Waals surface area contributed by atoms with Gasteiger partial charge in [-0.05, 0) is 385 Å². The molecule has 46 unspecified atom stereocenters. The number of Topliss-reactive ketones (excluding diaryl/α,β-unsaturated/α-hetero) is 1. The first-order valence-electron chi connectivity index (χ1n) is 57.2. The second-order valence-electron chi connectivity index (χ2n) is 54.4. The maximum Gasteiger partial charge on any atom is 0.348 e. The van der Waals surface area contributed by atoms with Crippen molar-refractivity contribution in [3.63, 3.8) is 0 Å². The van der Waals surface area contributed by atoms with Crippen molar-refractivity contribution < 1.29 is 119 Å². The second-order valence-corrected chi connectivity index (χ2v) is 56.1. The van der Waals surface area contributed by atoms with Gasteiger partial charge >= 0.3 is 59.7 Å². The van der Waals surface area contributed by atoms with E-state index in [-0.39, 0.29) is 130 Å². The molecule has 144 heavy (non-hydrogen) atoms. The Balaban J connectivity index is 0.000000121. The number of aliphatic carboxylic acids is 2. The normalized spacial score (nSPS) is 47.5. The summed E-state index contributed by atoms with van der Waals surface area (Å²) in [6.45, 7) is 53.2. The molecule has 20 bridgehead atoms. The first-order valence-corrected chi connectivity index (χ1v) is 59.1. The Labute approximate surface area is 859 Å². The summed E-state index contributed by atoms with van der Waals surface area (Å²) in [5, 5.41) is 18.9. The van der Waals surface area contributed by atoms with Gasteiger partial charge in [0.05, 0.1) is 65.4 Å². The SMILES string of the molecule is CC1C(C)C2CC1C(C(=O)O)C2C(=O)OC(C)(C)C.CC1C2CC(C(=O)NS(C)(=O)=O)C(C2)C1C.CC1C2CC(C(=O)OC3C(=O)OCC3(C)C)C(C2)C1C.CC1C2CC(C(=O)OC3C4CC5C(=O)OC3C5C4)C(C2)C1C.CC1CCC(C(C)(C)OC(=O)C2CC3CC2C(C)C3C)C(=O)C1.CCC1(OC(=O)C2CC3CC2C(C)C3C)C2CC3CC(C2)CC1C3.CCOC(C)OC(=O)C1C2CC(C(C)C2C)C1C(=O)O. The molecule has 2 aliphatic heterocycles. The predicted molar refractivity (Wildman–Crippen MR) is 537 cm³/mol. The number of ether oxygens (including phenoxy) is 9. The fourth-order valence-electron chi connectivity index (χ4n) is 36.4. The van der Waals surface area contributed by atoms with Gasteiger partial charge in [0.2, 0.25) is 22.0 Å². The van der Waals surface area contributed by atoms with Crippen LogP contribution in [0.4, 0.5) is 0 Å². The predicted octanol–water partition coefficient (Wildman–Crippen LogP) is 19.8. The summed E-state index contributed by atoms with van der Waals surface area (Å²) in [7, 11) is -3.41. The fraction of sp³-hybridized carbons (Fsp3) is 0.897. The Morgan fingerprint density at radius 3 is 1.22 bits per heavy atom. The van der Waals surface area contributed by atoms with Crippen molar-refractivity contribution in [3.8, 4) is 0 Å².